The van der Waals surface area contributed by atoms with E-state index in [-0.39, 0.29) is 11.3 Å². The average Bonchev–Trinajstić information content (AvgIpc) is 2.00. The summed E-state index contributed by atoms with van der Waals surface area (Å²) in [6, 6.07) is 0. The first kappa shape index (κ1) is 11.4. The van der Waals surface area contributed by atoms with Crippen molar-refractivity contribution in [2.75, 3.05) is 13.1 Å². The minimum Gasteiger partial charge on any atom is -0.355 e. The molecule has 0 aliphatic rings. The third-order valence-electron chi connectivity index (χ3n) is 2.06. The zero-order valence-electron chi connectivity index (χ0n) is 8.31. The van der Waals surface area contributed by atoms with Crippen LogP contribution in [0.5, 0.6) is 0 Å². The normalized spacial score (nSPS) is 11.3. The molecule has 0 aliphatic carbocycles. The van der Waals surface area contributed by atoms with E-state index in [4.69, 9.17) is 5.73 Å². The summed E-state index contributed by atoms with van der Waals surface area (Å²) in [4.78, 5) is 11.2. The van der Waals surface area contributed by atoms with Gasteiger partial charge in [-0.3, -0.25) is 4.79 Å². The van der Waals surface area contributed by atoms with E-state index in [0.29, 0.717) is 19.5 Å². The van der Waals surface area contributed by atoms with Gasteiger partial charge in [0.05, 0.1) is 0 Å². The van der Waals surface area contributed by atoms with Crippen LogP contribution >= 0.6 is 0 Å². The Kier molecular flexibility index (Phi) is 4.90. The van der Waals surface area contributed by atoms with Crippen LogP contribution in [0.25, 0.3) is 0 Å². The SMILES string of the molecule is CCC(C)(C)CC(=O)NCCN. The molecule has 0 aliphatic heterocycles. The molecule has 0 saturated carbocycles. The van der Waals surface area contributed by atoms with Crippen molar-refractivity contribution < 1.29 is 4.79 Å². The lowest BCUT2D eigenvalue weighted by Crippen LogP contribution is -2.32. The Bertz CT molecular complexity index is 143. The first-order valence-corrected chi connectivity index (χ1v) is 4.48. The summed E-state index contributed by atoms with van der Waals surface area (Å²) in [5.74, 6) is 0.104. The van der Waals surface area contributed by atoms with Gasteiger partial charge in [0.25, 0.3) is 0 Å². The van der Waals surface area contributed by atoms with Gasteiger partial charge in [0.15, 0.2) is 0 Å². The van der Waals surface area contributed by atoms with E-state index in [2.05, 4.69) is 26.1 Å². The van der Waals surface area contributed by atoms with Crippen molar-refractivity contribution in [1.29, 1.82) is 0 Å². The maximum Gasteiger partial charge on any atom is 0.220 e. The molecule has 3 N–H and O–H groups in total. The summed E-state index contributed by atoms with van der Waals surface area (Å²) in [5.41, 5.74) is 5.37. The zero-order chi connectivity index (χ0) is 9.61. The number of carbonyl (C=O) groups is 1. The third kappa shape index (κ3) is 5.13. The molecule has 3 nitrogen and oxygen atoms in total. The molecule has 0 atom stereocenters. The smallest absolute Gasteiger partial charge is 0.220 e. The molecule has 0 bridgehead atoms. The van der Waals surface area contributed by atoms with Crippen LogP contribution in [-0.4, -0.2) is 19.0 Å². The molecular weight excluding hydrogens is 152 g/mol. The number of carbonyl (C=O) groups excluding carboxylic acids is 1. The summed E-state index contributed by atoms with van der Waals surface area (Å²) in [5, 5.41) is 2.76. The molecule has 0 aromatic carbocycles. The summed E-state index contributed by atoms with van der Waals surface area (Å²) < 4.78 is 0. The van der Waals surface area contributed by atoms with Crippen molar-refractivity contribution in [3.05, 3.63) is 0 Å². The highest BCUT2D eigenvalue weighted by molar-refractivity contribution is 5.76. The van der Waals surface area contributed by atoms with Gasteiger partial charge in [0.1, 0.15) is 0 Å². The van der Waals surface area contributed by atoms with E-state index in [0.717, 1.165) is 6.42 Å². The molecule has 0 aromatic heterocycles. The van der Waals surface area contributed by atoms with Crippen molar-refractivity contribution in [3.63, 3.8) is 0 Å². The van der Waals surface area contributed by atoms with E-state index in [1.54, 1.807) is 0 Å². The molecule has 0 aromatic rings. The largest absolute Gasteiger partial charge is 0.355 e. The summed E-state index contributed by atoms with van der Waals surface area (Å²) in [6.45, 7) is 7.37. The van der Waals surface area contributed by atoms with E-state index in [1.807, 2.05) is 0 Å². The van der Waals surface area contributed by atoms with Crippen LogP contribution in [0.2, 0.25) is 0 Å². The van der Waals surface area contributed by atoms with Crippen molar-refractivity contribution in [1.82, 2.24) is 5.32 Å². The van der Waals surface area contributed by atoms with Crippen LogP contribution in [0.3, 0.4) is 0 Å². The second kappa shape index (κ2) is 5.14. The highest BCUT2D eigenvalue weighted by Crippen LogP contribution is 2.23. The molecule has 0 spiro atoms. The van der Waals surface area contributed by atoms with Gasteiger partial charge in [0, 0.05) is 19.5 Å². The fourth-order valence-corrected chi connectivity index (χ4v) is 0.834. The Morgan fingerprint density at radius 2 is 2.08 bits per heavy atom. The molecule has 0 radical (unpaired) electrons. The molecule has 0 rings (SSSR count). The standard InChI is InChI=1S/C9H20N2O/c1-4-9(2,3)7-8(12)11-6-5-10/h4-7,10H2,1-3H3,(H,11,12). The van der Waals surface area contributed by atoms with Crippen molar-refractivity contribution in [2.45, 2.75) is 33.6 Å². The number of nitrogens with one attached hydrogen (secondary N) is 1. The maximum atomic E-state index is 11.2. The monoisotopic (exact) mass is 172 g/mol. The second-order valence-electron chi connectivity index (χ2n) is 3.83. The number of rotatable bonds is 5. The second-order valence-corrected chi connectivity index (χ2v) is 3.83. The highest BCUT2D eigenvalue weighted by atomic mass is 16.1. The Morgan fingerprint density at radius 3 is 2.50 bits per heavy atom. The topological polar surface area (TPSA) is 55.1 Å². The lowest BCUT2D eigenvalue weighted by Gasteiger charge is -2.21. The number of hydrogen-bond acceptors (Lipinski definition) is 2. The van der Waals surface area contributed by atoms with Crippen LogP contribution in [0, 0.1) is 5.41 Å². The molecular formula is C9H20N2O. The quantitative estimate of drug-likeness (QED) is 0.647. The van der Waals surface area contributed by atoms with Gasteiger partial charge < -0.3 is 11.1 Å². The average molecular weight is 172 g/mol. The van der Waals surface area contributed by atoms with Crippen molar-refractivity contribution >= 4 is 5.91 Å². The Hall–Kier alpha value is -0.570. The van der Waals surface area contributed by atoms with Gasteiger partial charge in [0.2, 0.25) is 5.91 Å². The minimum atomic E-state index is 0.104. The molecule has 12 heavy (non-hydrogen) atoms. The lowest BCUT2D eigenvalue weighted by molar-refractivity contribution is -0.123. The molecule has 1 amide bonds. The van der Waals surface area contributed by atoms with E-state index in [1.165, 1.54) is 0 Å². The fourth-order valence-electron chi connectivity index (χ4n) is 0.834. The van der Waals surface area contributed by atoms with Gasteiger partial charge in [-0.2, -0.15) is 0 Å². The van der Waals surface area contributed by atoms with Gasteiger partial charge >= 0.3 is 0 Å². The van der Waals surface area contributed by atoms with E-state index >= 15 is 0 Å². The first-order valence-electron chi connectivity index (χ1n) is 4.48. The van der Waals surface area contributed by atoms with E-state index in [9.17, 15) is 4.79 Å². The van der Waals surface area contributed by atoms with Gasteiger partial charge in [-0.05, 0) is 5.41 Å². The summed E-state index contributed by atoms with van der Waals surface area (Å²) in [6.07, 6.45) is 1.60. The lowest BCUT2D eigenvalue weighted by atomic mass is 9.86. The van der Waals surface area contributed by atoms with E-state index < -0.39 is 0 Å². The Morgan fingerprint density at radius 1 is 1.50 bits per heavy atom. The first-order chi connectivity index (χ1) is 5.52. The number of nitrogens with two attached hydrogens (primary N) is 1. The third-order valence-corrected chi connectivity index (χ3v) is 2.06. The van der Waals surface area contributed by atoms with Crippen molar-refractivity contribution in [3.8, 4) is 0 Å². The molecule has 3 heteroatoms. The Labute approximate surface area is 74.7 Å². The predicted molar refractivity (Wildman–Crippen MR) is 50.8 cm³/mol. The Balaban J connectivity index is 3.68. The number of hydrogen-bond donors (Lipinski definition) is 2. The van der Waals surface area contributed by atoms with Crippen LogP contribution in [0.1, 0.15) is 33.6 Å². The van der Waals surface area contributed by atoms with Crippen LogP contribution < -0.4 is 11.1 Å². The number of amides is 1. The highest BCUT2D eigenvalue weighted by Gasteiger charge is 2.18. The molecule has 0 fully saturated rings. The molecule has 0 unspecified atom stereocenters. The van der Waals surface area contributed by atoms with Gasteiger partial charge in [-0.25, -0.2) is 0 Å². The zero-order valence-corrected chi connectivity index (χ0v) is 8.31. The summed E-state index contributed by atoms with van der Waals surface area (Å²) in [7, 11) is 0. The van der Waals surface area contributed by atoms with Crippen molar-refractivity contribution in [2.24, 2.45) is 11.1 Å². The molecule has 0 saturated heterocycles. The maximum absolute atomic E-state index is 11.2. The molecule has 72 valence electrons. The van der Waals surface area contributed by atoms with Crippen LogP contribution in [0.4, 0.5) is 0 Å². The van der Waals surface area contributed by atoms with Gasteiger partial charge in [-0.15, -0.1) is 0 Å². The van der Waals surface area contributed by atoms with Crippen LogP contribution in [-0.2, 0) is 4.79 Å². The van der Waals surface area contributed by atoms with Gasteiger partial charge in [-0.1, -0.05) is 27.2 Å². The van der Waals surface area contributed by atoms with Crippen LogP contribution in [0.15, 0.2) is 0 Å². The fraction of sp³-hybridized carbons (Fsp3) is 0.889. The summed E-state index contributed by atoms with van der Waals surface area (Å²) >= 11 is 0. The minimum absolute atomic E-state index is 0.104. The predicted octanol–water partition coefficient (Wildman–Crippen LogP) is 0.888. The molecule has 0 heterocycles.